The van der Waals surface area contributed by atoms with Gasteiger partial charge >= 0.3 is 0 Å². The van der Waals surface area contributed by atoms with E-state index < -0.39 is 0 Å². The molecule has 4 N–H and O–H groups in total. The van der Waals surface area contributed by atoms with Crippen molar-refractivity contribution >= 4 is 12.0 Å². The van der Waals surface area contributed by atoms with Gasteiger partial charge in [0.05, 0.1) is 0 Å². The van der Waals surface area contributed by atoms with E-state index in [4.69, 9.17) is 11.5 Å². The van der Waals surface area contributed by atoms with Gasteiger partial charge in [-0.3, -0.25) is 4.79 Å². The number of carbonyl (C=O) groups excluding carboxylic acids is 1. The molecule has 17 heavy (non-hydrogen) atoms. The smallest absolute Gasteiger partial charge is 0.253 e. The molecule has 1 heterocycles. The predicted octanol–water partition coefficient (Wildman–Crippen LogP) is 0.440. The first-order chi connectivity index (χ1) is 8.11. The first-order valence-corrected chi connectivity index (χ1v) is 5.64. The number of nitrogens with zero attached hydrogens (tertiary/aromatic N) is 1. The zero-order valence-corrected chi connectivity index (χ0v) is 9.67. The second kappa shape index (κ2) is 4.69. The Morgan fingerprint density at radius 3 is 2.24 bits per heavy atom. The first-order valence-electron chi connectivity index (χ1n) is 5.64. The van der Waals surface area contributed by atoms with Crippen LogP contribution in [-0.2, 0) is 0 Å². The Kier molecular flexibility index (Phi) is 3.26. The summed E-state index contributed by atoms with van der Waals surface area (Å²) in [6, 6.07) is 7.10. The summed E-state index contributed by atoms with van der Waals surface area (Å²) in [5.74, 6) is -0.0102. The first kappa shape index (κ1) is 11.8. The van der Waals surface area contributed by atoms with Crippen LogP contribution in [0.4, 0.5) is 0 Å². The second-order valence-electron chi connectivity index (χ2n) is 4.36. The van der Waals surface area contributed by atoms with Crippen molar-refractivity contribution in [2.24, 2.45) is 11.5 Å². The average Bonchev–Trinajstić information content (AvgIpc) is 2.69. The van der Waals surface area contributed by atoms with Crippen LogP contribution in [0.2, 0.25) is 0 Å². The van der Waals surface area contributed by atoms with Gasteiger partial charge in [-0.2, -0.15) is 0 Å². The fourth-order valence-electron chi connectivity index (χ4n) is 1.96. The van der Waals surface area contributed by atoms with E-state index >= 15 is 0 Å². The Morgan fingerprint density at radius 2 is 1.76 bits per heavy atom. The second-order valence-corrected chi connectivity index (χ2v) is 4.36. The highest BCUT2D eigenvalue weighted by molar-refractivity contribution is 5.94. The average molecular weight is 231 g/mol. The van der Waals surface area contributed by atoms with Crippen LogP contribution in [0.5, 0.6) is 0 Å². The van der Waals surface area contributed by atoms with Crippen LogP contribution in [0.15, 0.2) is 30.8 Å². The van der Waals surface area contributed by atoms with Crippen LogP contribution in [0.25, 0.3) is 6.08 Å². The number of nitrogens with two attached hydrogens (primary N) is 2. The molecule has 2 unspecified atom stereocenters. The summed E-state index contributed by atoms with van der Waals surface area (Å²) in [6.45, 7) is 4.74. The predicted molar refractivity (Wildman–Crippen MR) is 68.4 cm³/mol. The molecule has 1 aromatic carbocycles. The van der Waals surface area contributed by atoms with E-state index in [-0.39, 0.29) is 18.0 Å². The fourth-order valence-corrected chi connectivity index (χ4v) is 1.96. The summed E-state index contributed by atoms with van der Waals surface area (Å²) in [5, 5.41) is 0. The molecular formula is C13H17N3O. The van der Waals surface area contributed by atoms with E-state index in [1.54, 1.807) is 23.1 Å². The molecule has 1 aromatic rings. The summed E-state index contributed by atoms with van der Waals surface area (Å²) >= 11 is 0. The molecule has 0 radical (unpaired) electrons. The van der Waals surface area contributed by atoms with Crippen molar-refractivity contribution in [3.8, 4) is 0 Å². The highest BCUT2D eigenvalue weighted by Gasteiger charge is 2.30. The quantitative estimate of drug-likeness (QED) is 0.775. The third-order valence-corrected chi connectivity index (χ3v) is 3.09. The highest BCUT2D eigenvalue weighted by atomic mass is 16.2. The molecule has 0 bridgehead atoms. The lowest BCUT2D eigenvalue weighted by Gasteiger charge is -2.15. The molecular weight excluding hydrogens is 214 g/mol. The maximum atomic E-state index is 12.1. The largest absolute Gasteiger partial charge is 0.335 e. The van der Waals surface area contributed by atoms with Gasteiger partial charge in [-0.15, -0.1) is 0 Å². The Morgan fingerprint density at radius 1 is 1.24 bits per heavy atom. The zero-order valence-electron chi connectivity index (χ0n) is 9.67. The summed E-state index contributed by atoms with van der Waals surface area (Å²) in [7, 11) is 0. The number of rotatable bonds is 2. The third-order valence-electron chi connectivity index (χ3n) is 3.09. The Labute approximate surface area is 101 Å². The van der Waals surface area contributed by atoms with Gasteiger partial charge in [0.2, 0.25) is 0 Å². The Hall–Kier alpha value is -1.65. The molecule has 2 rings (SSSR count). The standard InChI is InChI=1S/C13H17N3O/c1-2-9-3-5-10(6-4-9)13(17)16-7-11(14)12(15)8-16/h2-6,11-12H,1,7-8,14-15H2. The number of hydrogen-bond donors (Lipinski definition) is 2. The normalized spacial score (nSPS) is 23.8. The van der Waals surface area contributed by atoms with Crippen molar-refractivity contribution in [2.45, 2.75) is 12.1 Å². The van der Waals surface area contributed by atoms with Gasteiger partial charge in [-0.25, -0.2) is 0 Å². The molecule has 1 aliphatic rings. The summed E-state index contributed by atoms with van der Waals surface area (Å²) in [6.07, 6.45) is 1.75. The van der Waals surface area contributed by atoms with E-state index in [0.717, 1.165) is 5.56 Å². The molecule has 1 saturated heterocycles. The van der Waals surface area contributed by atoms with Crippen molar-refractivity contribution in [3.63, 3.8) is 0 Å². The van der Waals surface area contributed by atoms with Gasteiger partial charge in [0.25, 0.3) is 5.91 Å². The minimum Gasteiger partial charge on any atom is -0.335 e. The summed E-state index contributed by atoms with van der Waals surface area (Å²) in [4.78, 5) is 13.8. The summed E-state index contributed by atoms with van der Waals surface area (Å²) in [5.41, 5.74) is 13.3. The van der Waals surface area contributed by atoms with E-state index in [0.29, 0.717) is 18.7 Å². The molecule has 0 saturated carbocycles. The van der Waals surface area contributed by atoms with Gasteiger partial charge in [0.1, 0.15) is 0 Å². The van der Waals surface area contributed by atoms with E-state index in [1.165, 1.54) is 0 Å². The van der Waals surface area contributed by atoms with Crippen molar-refractivity contribution in [1.82, 2.24) is 4.90 Å². The minimum absolute atomic E-state index is 0.0102. The molecule has 1 fully saturated rings. The topological polar surface area (TPSA) is 72.3 Å². The molecule has 90 valence electrons. The van der Waals surface area contributed by atoms with Crippen molar-refractivity contribution < 1.29 is 4.79 Å². The van der Waals surface area contributed by atoms with Gasteiger partial charge in [-0.05, 0) is 17.7 Å². The van der Waals surface area contributed by atoms with Crippen LogP contribution < -0.4 is 11.5 Å². The number of amides is 1. The number of benzene rings is 1. The summed E-state index contributed by atoms with van der Waals surface area (Å²) < 4.78 is 0. The number of hydrogen-bond acceptors (Lipinski definition) is 3. The van der Waals surface area contributed by atoms with Crippen molar-refractivity contribution in [3.05, 3.63) is 42.0 Å². The maximum Gasteiger partial charge on any atom is 0.253 e. The molecule has 4 heteroatoms. The number of carbonyl (C=O) groups is 1. The van der Waals surface area contributed by atoms with Crippen LogP contribution in [-0.4, -0.2) is 36.0 Å². The van der Waals surface area contributed by atoms with Crippen molar-refractivity contribution in [1.29, 1.82) is 0 Å². The number of likely N-dealkylation sites (tertiary alicyclic amines) is 1. The van der Waals surface area contributed by atoms with Crippen LogP contribution in [0.1, 0.15) is 15.9 Å². The lowest BCUT2D eigenvalue weighted by molar-refractivity contribution is 0.0789. The van der Waals surface area contributed by atoms with Gasteiger partial charge in [-0.1, -0.05) is 24.8 Å². The zero-order chi connectivity index (χ0) is 12.4. The SMILES string of the molecule is C=Cc1ccc(C(=O)N2CC(N)C(N)C2)cc1. The van der Waals surface area contributed by atoms with E-state index in [1.807, 2.05) is 12.1 Å². The molecule has 0 spiro atoms. The molecule has 1 aliphatic heterocycles. The maximum absolute atomic E-state index is 12.1. The molecule has 0 aromatic heterocycles. The minimum atomic E-state index is -0.119. The molecule has 4 nitrogen and oxygen atoms in total. The fraction of sp³-hybridized carbons (Fsp3) is 0.308. The third kappa shape index (κ3) is 2.38. The Bertz CT molecular complexity index is 417. The van der Waals surface area contributed by atoms with Gasteiger partial charge < -0.3 is 16.4 Å². The van der Waals surface area contributed by atoms with Crippen LogP contribution in [0, 0.1) is 0 Å². The lowest BCUT2D eigenvalue weighted by Crippen LogP contribution is -2.39. The molecule has 1 amide bonds. The van der Waals surface area contributed by atoms with E-state index in [9.17, 15) is 4.79 Å². The van der Waals surface area contributed by atoms with E-state index in [2.05, 4.69) is 6.58 Å². The molecule has 2 atom stereocenters. The van der Waals surface area contributed by atoms with Crippen LogP contribution in [0.3, 0.4) is 0 Å². The highest BCUT2D eigenvalue weighted by Crippen LogP contribution is 2.13. The van der Waals surface area contributed by atoms with Crippen molar-refractivity contribution in [2.75, 3.05) is 13.1 Å². The Balaban J connectivity index is 2.12. The monoisotopic (exact) mass is 231 g/mol. The van der Waals surface area contributed by atoms with Gasteiger partial charge in [0.15, 0.2) is 0 Å². The molecule has 0 aliphatic carbocycles. The van der Waals surface area contributed by atoms with Crippen LogP contribution >= 0.6 is 0 Å². The lowest BCUT2D eigenvalue weighted by atomic mass is 10.1. The van der Waals surface area contributed by atoms with Gasteiger partial charge in [0, 0.05) is 30.7 Å².